The summed E-state index contributed by atoms with van der Waals surface area (Å²) in [6.45, 7) is 5.60. The van der Waals surface area contributed by atoms with Gasteiger partial charge >= 0.3 is 0 Å². The molecule has 1 fully saturated rings. The van der Waals surface area contributed by atoms with Gasteiger partial charge < -0.3 is 5.32 Å². The molecule has 0 amide bonds. The minimum atomic E-state index is 0.957. The predicted molar refractivity (Wildman–Crippen MR) is 79.6 cm³/mol. The van der Waals surface area contributed by atoms with Gasteiger partial charge in [0.2, 0.25) is 0 Å². The lowest BCUT2D eigenvalue weighted by Crippen LogP contribution is -2.31. The monoisotopic (exact) mass is 257 g/mol. The van der Waals surface area contributed by atoms with Crippen LogP contribution in [0, 0.1) is 0 Å². The van der Waals surface area contributed by atoms with E-state index in [4.69, 9.17) is 0 Å². The molecule has 0 spiro atoms. The van der Waals surface area contributed by atoms with Gasteiger partial charge in [-0.25, -0.2) is 0 Å². The number of hydrogen-bond donors (Lipinski definition) is 1. The standard InChI is InChI=1S/C16H23N3/c1-2-10-19(11-3-1)13-14-6-4-7-15(12-14)16-17-8-5-9-18-16/h4,6-7,12H,1-3,5,8-11,13H2,(H,17,18). The Bertz CT molecular complexity index is 447. The third kappa shape index (κ3) is 3.35. The maximum absolute atomic E-state index is 4.58. The third-order valence-electron chi connectivity index (χ3n) is 3.95. The first-order chi connectivity index (χ1) is 9.42. The average molecular weight is 257 g/mol. The van der Waals surface area contributed by atoms with E-state index in [0.717, 1.165) is 31.9 Å². The van der Waals surface area contributed by atoms with Crippen LogP contribution in [0.4, 0.5) is 0 Å². The summed E-state index contributed by atoms with van der Waals surface area (Å²) in [5.74, 6) is 1.08. The molecule has 3 heteroatoms. The number of likely N-dealkylation sites (tertiary alicyclic amines) is 1. The van der Waals surface area contributed by atoms with Gasteiger partial charge in [-0.05, 0) is 44.0 Å². The molecule has 102 valence electrons. The molecule has 0 atom stereocenters. The van der Waals surface area contributed by atoms with E-state index in [1.54, 1.807) is 0 Å². The summed E-state index contributed by atoms with van der Waals surface area (Å²) in [4.78, 5) is 7.15. The molecular formula is C16H23N3. The minimum Gasteiger partial charge on any atom is -0.370 e. The van der Waals surface area contributed by atoms with E-state index in [-0.39, 0.29) is 0 Å². The van der Waals surface area contributed by atoms with Crippen LogP contribution in [0.15, 0.2) is 29.3 Å². The van der Waals surface area contributed by atoms with Gasteiger partial charge in [-0.3, -0.25) is 9.89 Å². The van der Waals surface area contributed by atoms with Crippen LogP contribution < -0.4 is 5.32 Å². The Kier molecular flexibility index (Phi) is 4.13. The zero-order valence-corrected chi connectivity index (χ0v) is 11.6. The van der Waals surface area contributed by atoms with Gasteiger partial charge in [-0.15, -0.1) is 0 Å². The smallest absolute Gasteiger partial charge is 0.128 e. The second-order valence-corrected chi connectivity index (χ2v) is 5.55. The molecule has 2 aliphatic rings. The second kappa shape index (κ2) is 6.20. The van der Waals surface area contributed by atoms with Crippen LogP contribution in [-0.2, 0) is 6.54 Å². The Morgan fingerprint density at radius 2 is 2.00 bits per heavy atom. The first-order valence-corrected chi connectivity index (χ1v) is 7.52. The van der Waals surface area contributed by atoms with Crippen LogP contribution in [0.1, 0.15) is 36.8 Å². The SMILES string of the molecule is c1cc(CN2CCCCC2)cc(C2=NCCCN2)c1. The molecule has 3 nitrogen and oxygen atoms in total. The topological polar surface area (TPSA) is 27.6 Å². The van der Waals surface area contributed by atoms with Gasteiger partial charge in [0.1, 0.15) is 5.84 Å². The Morgan fingerprint density at radius 3 is 2.79 bits per heavy atom. The zero-order chi connectivity index (χ0) is 12.9. The highest BCUT2D eigenvalue weighted by molar-refractivity contribution is 5.99. The van der Waals surface area contributed by atoms with Crippen molar-refractivity contribution in [2.75, 3.05) is 26.2 Å². The molecule has 0 saturated carbocycles. The molecule has 1 aromatic carbocycles. The van der Waals surface area contributed by atoms with E-state index in [9.17, 15) is 0 Å². The van der Waals surface area contributed by atoms with Gasteiger partial charge in [0.15, 0.2) is 0 Å². The van der Waals surface area contributed by atoms with Crippen molar-refractivity contribution >= 4 is 5.84 Å². The lowest BCUT2D eigenvalue weighted by molar-refractivity contribution is 0.221. The Morgan fingerprint density at radius 1 is 1.11 bits per heavy atom. The molecule has 19 heavy (non-hydrogen) atoms. The van der Waals surface area contributed by atoms with Gasteiger partial charge in [0.05, 0.1) is 0 Å². The van der Waals surface area contributed by atoms with Crippen molar-refractivity contribution in [3.8, 4) is 0 Å². The van der Waals surface area contributed by atoms with Crippen LogP contribution >= 0.6 is 0 Å². The van der Waals surface area contributed by atoms with E-state index in [1.165, 1.54) is 43.5 Å². The fraction of sp³-hybridized carbons (Fsp3) is 0.562. The fourth-order valence-electron chi connectivity index (χ4n) is 2.92. The molecule has 2 heterocycles. The van der Waals surface area contributed by atoms with Crippen molar-refractivity contribution in [2.24, 2.45) is 4.99 Å². The number of hydrogen-bond acceptors (Lipinski definition) is 3. The highest BCUT2D eigenvalue weighted by Gasteiger charge is 2.12. The van der Waals surface area contributed by atoms with Gasteiger partial charge in [-0.1, -0.05) is 24.6 Å². The van der Waals surface area contributed by atoms with Crippen molar-refractivity contribution in [1.82, 2.24) is 10.2 Å². The maximum Gasteiger partial charge on any atom is 0.128 e. The molecule has 0 bridgehead atoms. The average Bonchev–Trinajstić information content (AvgIpc) is 2.49. The maximum atomic E-state index is 4.58. The highest BCUT2D eigenvalue weighted by Crippen LogP contribution is 2.14. The summed E-state index contributed by atoms with van der Waals surface area (Å²) in [6.07, 6.45) is 5.26. The third-order valence-corrected chi connectivity index (χ3v) is 3.95. The van der Waals surface area contributed by atoms with Crippen LogP contribution in [0.5, 0.6) is 0 Å². The van der Waals surface area contributed by atoms with Crippen LogP contribution in [0.2, 0.25) is 0 Å². The Balaban J connectivity index is 1.70. The largest absolute Gasteiger partial charge is 0.370 e. The fourth-order valence-corrected chi connectivity index (χ4v) is 2.92. The summed E-state index contributed by atoms with van der Waals surface area (Å²) in [5.41, 5.74) is 2.66. The van der Waals surface area contributed by atoms with Crippen molar-refractivity contribution in [3.05, 3.63) is 35.4 Å². The molecule has 0 radical (unpaired) electrons. The lowest BCUT2D eigenvalue weighted by atomic mass is 10.1. The van der Waals surface area contributed by atoms with Gasteiger partial charge in [-0.2, -0.15) is 0 Å². The Hall–Kier alpha value is -1.35. The molecule has 0 unspecified atom stereocenters. The van der Waals surface area contributed by atoms with Crippen LogP contribution in [0.3, 0.4) is 0 Å². The number of nitrogens with zero attached hydrogens (tertiary/aromatic N) is 2. The second-order valence-electron chi connectivity index (χ2n) is 5.55. The van der Waals surface area contributed by atoms with E-state index >= 15 is 0 Å². The van der Waals surface area contributed by atoms with E-state index < -0.39 is 0 Å². The normalized spacial score (nSPS) is 20.7. The summed E-state index contributed by atoms with van der Waals surface area (Å²) >= 11 is 0. The molecule has 1 N–H and O–H groups in total. The summed E-state index contributed by atoms with van der Waals surface area (Å²) < 4.78 is 0. The molecule has 0 aromatic heterocycles. The van der Waals surface area contributed by atoms with Gasteiger partial charge in [0.25, 0.3) is 0 Å². The number of rotatable bonds is 3. The molecule has 1 aromatic rings. The van der Waals surface area contributed by atoms with E-state index in [2.05, 4.69) is 39.5 Å². The molecule has 0 aliphatic carbocycles. The Labute approximate surface area is 115 Å². The van der Waals surface area contributed by atoms with Crippen molar-refractivity contribution < 1.29 is 0 Å². The lowest BCUT2D eigenvalue weighted by Gasteiger charge is -2.26. The van der Waals surface area contributed by atoms with Crippen LogP contribution in [0.25, 0.3) is 0 Å². The summed E-state index contributed by atoms with van der Waals surface area (Å²) in [5, 5.41) is 3.40. The van der Waals surface area contributed by atoms with Crippen molar-refractivity contribution in [1.29, 1.82) is 0 Å². The van der Waals surface area contributed by atoms with Crippen molar-refractivity contribution in [2.45, 2.75) is 32.2 Å². The number of piperidine rings is 1. The first-order valence-electron chi connectivity index (χ1n) is 7.52. The van der Waals surface area contributed by atoms with E-state index in [1.807, 2.05) is 0 Å². The molecule has 2 aliphatic heterocycles. The quantitative estimate of drug-likeness (QED) is 0.900. The predicted octanol–water partition coefficient (Wildman–Crippen LogP) is 2.41. The zero-order valence-electron chi connectivity index (χ0n) is 11.6. The number of aliphatic imine (C=N–C) groups is 1. The number of benzene rings is 1. The number of amidine groups is 1. The van der Waals surface area contributed by atoms with Crippen molar-refractivity contribution in [3.63, 3.8) is 0 Å². The summed E-state index contributed by atoms with van der Waals surface area (Å²) in [7, 11) is 0. The van der Waals surface area contributed by atoms with Gasteiger partial charge in [0, 0.05) is 25.2 Å². The molecule has 1 saturated heterocycles. The van der Waals surface area contributed by atoms with E-state index in [0.29, 0.717) is 0 Å². The first kappa shape index (κ1) is 12.7. The van der Waals surface area contributed by atoms with Crippen LogP contribution in [-0.4, -0.2) is 36.9 Å². The molecular weight excluding hydrogens is 234 g/mol. The minimum absolute atomic E-state index is 0.957. The highest BCUT2D eigenvalue weighted by atomic mass is 15.1. The number of nitrogens with one attached hydrogen (secondary N) is 1. The summed E-state index contributed by atoms with van der Waals surface area (Å²) in [6, 6.07) is 8.86. The molecule has 3 rings (SSSR count).